The average Bonchev–Trinajstić information content (AvgIpc) is 2.51. The number of carbonyl (C=O) groups excluding carboxylic acids is 1. The summed E-state index contributed by atoms with van der Waals surface area (Å²) >= 11 is 0. The molecule has 0 bridgehead atoms. The van der Waals surface area contributed by atoms with E-state index in [9.17, 15) is 14.9 Å². The van der Waals surface area contributed by atoms with Crippen LogP contribution in [-0.2, 0) is 4.79 Å². The Kier molecular flexibility index (Phi) is 4.95. The van der Waals surface area contributed by atoms with E-state index in [0.717, 1.165) is 11.1 Å². The van der Waals surface area contributed by atoms with Crippen molar-refractivity contribution in [3.8, 4) is 5.75 Å². The summed E-state index contributed by atoms with van der Waals surface area (Å²) in [7, 11) is 0. The number of ether oxygens (including phenoxy) is 1. The molecular weight excluding hydrogens is 296 g/mol. The third-order valence-corrected chi connectivity index (χ3v) is 3.52. The van der Waals surface area contributed by atoms with E-state index in [2.05, 4.69) is 5.32 Å². The SMILES string of the molecule is Cc1ccc(O[C@@H](C)C(=O)Nc2ccccc2[N+](=O)[O-])cc1C. The summed E-state index contributed by atoms with van der Waals surface area (Å²) in [6.07, 6.45) is -0.781. The van der Waals surface area contributed by atoms with Crippen molar-refractivity contribution >= 4 is 17.3 Å². The predicted molar refractivity (Wildman–Crippen MR) is 87.7 cm³/mol. The van der Waals surface area contributed by atoms with Gasteiger partial charge in [-0.15, -0.1) is 0 Å². The Labute approximate surface area is 134 Å². The van der Waals surface area contributed by atoms with Crippen molar-refractivity contribution in [3.63, 3.8) is 0 Å². The van der Waals surface area contributed by atoms with Crippen LogP contribution < -0.4 is 10.1 Å². The van der Waals surface area contributed by atoms with E-state index in [-0.39, 0.29) is 11.4 Å². The minimum Gasteiger partial charge on any atom is -0.481 e. The summed E-state index contributed by atoms with van der Waals surface area (Å²) in [5, 5.41) is 13.5. The molecule has 6 heteroatoms. The Bertz CT molecular complexity index is 743. The van der Waals surface area contributed by atoms with Gasteiger partial charge in [0.1, 0.15) is 11.4 Å². The highest BCUT2D eigenvalue weighted by Gasteiger charge is 2.19. The van der Waals surface area contributed by atoms with Crippen molar-refractivity contribution in [3.05, 3.63) is 63.7 Å². The lowest BCUT2D eigenvalue weighted by molar-refractivity contribution is -0.383. The molecule has 23 heavy (non-hydrogen) atoms. The third-order valence-electron chi connectivity index (χ3n) is 3.52. The molecule has 120 valence electrons. The smallest absolute Gasteiger partial charge is 0.292 e. The second kappa shape index (κ2) is 6.91. The van der Waals surface area contributed by atoms with Crippen LogP contribution in [0, 0.1) is 24.0 Å². The normalized spacial score (nSPS) is 11.6. The number of amides is 1. The quantitative estimate of drug-likeness (QED) is 0.675. The standard InChI is InChI=1S/C17H18N2O4/c1-11-8-9-14(10-12(11)2)23-13(3)17(20)18-15-6-4-5-7-16(15)19(21)22/h4-10,13H,1-3H3,(H,18,20)/t13-/m0/s1. The van der Waals surface area contributed by atoms with Crippen molar-refractivity contribution < 1.29 is 14.5 Å². The van der Waals surface area contributed by atoms with Gasteiger partial charge in [0.2, 0.25) is 0 Å². The molecule has 0 spiro atoms. The summed E-state index contributed by atoms with van der Waals surface area (Å²) in [5.74, 6) is 0.135. The lowest BCUT2D eigenvalue weighted by Crippen LogP contribution is -2.30. The van der Waals surface area contributed by atoms with Crippen molar-refractivity contribution in [2.24, 2.45) is 0 Å². The van der Waals surface area contributed by atoms with Crippen LogP contribution in [0.5, 0.6) is 5.75 Å². The maximum atomic E-state index is 12.2. The largest absolute Gasteiger partial charge is 0.481 e. The Morgan fingerprint density at radius 1 is 1.17 bits per heavy atom. The van der Waals surface area contributed by atoms with Gasteiger partial charge in [0.25, 0.3) is 11.6 Å². The number of nitro groups is 1. The van der Waals surface area contributed by atoms with Gasteiger partial charge in [-0.25, -0.2) is 0 Å². The van der Waals surface area contributed by atoms with Crippen LogP contribution in [0.4, 0.5) is 11.4 Å². The van der Waals surface area contributed by atoms with Gasteiger partial charge in [-0.2, -0.15) is 0 Å². The van der Waals surface area contributed by atoms with Crippen molar-refractivity contribution in [2.45, 2.75) is 26.9 Å². The Hall–Kier alpha value is -2.89. The highest BCUT2D eigenvalue weighted by molar-refractivity contribution is 5.96. The lowest BCUT2D eigenvalue weighted by atomic mass is 10.1. The number of para-hydroxylation sites is 2. The van der Waals surface area contributed by atoms with E-state index < -0.39 is 16.9 Å². The third kappa shape index (κ3) is 4.06. The number of hydrogen-bond acceptors (Lipinski definition) is 4. The number of carbonyl (C=O) groups is 1. The molecule has 0 aromatic heterocycles. The highest BCUT2D eigenvalue weighted by atomic mass is 16.6. The first-order valence-electron chi connectivity index (χ1n) is 7.16. The summed E-state index contributed by atoms with van der Waals surface area (Å²) in [6, 6.07) is 11.5. The van der Waals surface area contributed by atoms with Crippen LogP contribution in [0.2, 0.25) is 0 Å². The molecule has 0 heterocycles. The summed E-state index contributed by atoms with van der Waals surface area (Å²) < 4.78 is 5.60. The zero-order valence-electron chi connectivity index (χ0n) is 13.2. The number of hydrogen-bond donors (Lipinski definition) is 1. The first-order chi connectivity index (χ1) is 10.9. The summed E-state index contributed by atoms with van der Waals surface area (Å²) in [6.45, 7) is 5.54. The van der Waals surface area contributed by atoms with Crippen LogP contribution >= 0.6 is 0 Å². The number of nitrogens with one attached hydrogen (secondary N) is 1. The van der Waals surface area contributed by atoms with E-state index in [1.54, 1.807) is 25.1 Å². The van der Waals surface area contributed by atoms with Crippen LogP contribution in [0.25, 0.3) is 0 Å². The van der Waals surface area contributed by atoms with Crippen LogP contribution in [-0.4, -0.2) is 16.9 Å². The zero-order chi connectivity index (χ0) is 17.0. The molecule has 0 saturated carbocycles. The maximum Gasteiger partial charge on any atom is 0.292 e. The molecular formula is C17H18N2O4. The highest BCUT2D eigenvalue weighted by Crippen LogP contribution is 2.24. The van der Waals surface area contributed by atoms with Crippen molar-refractivity contribution in [2.75, 3.05) is 5.32 Å². The molecule has 2 rings (SSSR count). The number of nitro benzene ring substituents is 1. The topological polar surface area (TPSA) is 81.5 Å². The first-order valence-corrected chi connectivity index (χ1v) is 7.16. The van der Waals surface area contributed by atoms with Gasteiger partial charge < -0.3 is 10.1 Å². The van der Waals surface area contributed by atoms with Crippen LogP contribution in [0.1, 0.15) is 18.1 Å². The second-order valence-corrected chi connectivity index (χ2v) is 5.27. The van der Waals surface area contributed by atoms with E-state index in [1.807, 2.05) is 26.0 Å². The molecule has 0 unspecified atom stereocenters. The van der Waals surface area contributed by atoms with E-state index >= 15 is 0 Å². The van der Waals surface area contributed by atoms with Crippen LogP contribution in [0.15, 0.2) is 42.5 Å². The fourth-order valence-electron chi connectivity index (χ4n) is 2.02. The maximum absolute atomic E-state index is 12.2. The number of benzene rings is 2. The molecule has 0 aliphatic rings. The summed E-state index contributed by atoms with van der Waals surface area (Å²) in [4.78, 5) is 22.6. The van der Waals surface area contributed by atoms with Gasteiger partial charge in [0.05, 0.1) is 4.92 Å². The molecule has 0 aliphatic heterocycles. The van der Waals surface area contributed by atoms with E-state index in [4.69, 9.17) is 4.74 Å². The van der Waals surface area contributed by atoms with E-state index in [0.29, 0.717) is 5.75 Å². The van der Waals surface area contributed by atoms with Crippen LogP contribution in [0.3, 0.4) is 0 Å². The Morgan fingerprint density at radius 3 is 2.52 bits per heavy atom. The van der Waals surface area contributed by atoms with Gasteiger partial charge in [0.15, 0.2) is 6.10 Å². The Morgan fingerprint density at radius 2 is 1.87 bits per heavy atom. The minimum absolute atomic E-state index is 0.151. The van der Waals surface area contributed by atoms with Gasteiger partial charge in [-0.3, -0.25) is 14.9 Å². The van der Waals surface area contributed by atoms with E-state index in [1.165, 1.54) is 12.1 Å². The molecule has 0 fully saturated rings. The number of nitrogens with zero attached hydrogens (tertiary/aromatic N) is 1. The Balaban J connectivity index is 2.08. The molecule has 0 aliphatic carbocycles. The average molecular weight is 314 g/mol. The zero-order valence-corrected chi connectivity index (χ0v) is 13.2. The molecule has 2 aromatic rings. The molecule has 6 nitrogen and oxygen atoms in total. The molecule has 0 radical (unpaired) electrons. The number of anilines is 1. The number of rotatable bonds is 5. The van der Waals surface area contributed by atoms with Gasteiger partial charge >= 0.3 is 0 Å². The minimum atomic E-state index is -0.781. The molecule has 0 saturated heterocycles. The molecule has 1 atom stereocenters. The molecule has 1 N–H and O–H groups in total. The van der Waals surface area contributed by atoms with Gasteiger partial charge in [0, 0.05) is 6.07 Å². The first kappa shape index (κ1) is 16.5. The van der Waals surface area contributed by atoms with Gasteiger partial charge in [-0.1, -0.05) is 18.2 Å². The lowest BCUT2D eigenvalue weighted by Gasteiger charge is -2.15. The van der Waals surface area contributed by atoms with Crippen molar-refractivity contribution in [1.82, 2.24) is 0 Å². The summed E-state index contributed by atoms with van der Waals surface area (Å²) in [5.41, 5.74) is 2.19. The second-order valence-electron chi connectivity index (χ2n) is 5.27. The van der Waals surface area contributed by atoms with Crippen molar-refractivity contribution in [1.29, 1.82) is 0 Å². The number of aryl methyl sites for hydroxylation is 2. The molecule has 2 aromatic carbocycles. The fraction of sp³-hybridized carbons (Fsp3) is 0.235. The molecule has 1 amide bonds. The van der Waals surface area contributed by atoms with Gasteiger partial charge in [-0.05, 0) is 50.1 Å². The fourth-order valence-corrected chi connectivity index (χ4v) is 2.02. The monoisotopic (exact) mass is 314 g/mol. The predicted octanol–water partition coefficient (Wildman–Crippen LogP) is 3.62.